The highest BCUT2D eigenvalue weighted by atomic mass is 16.5. The van der Waals surface area contributed by atoms with Gasteiger partial charge in [-0.1, -0.05) is 30.3 Å². The molecule has 1 aromatic heterocycles. The molecule has 0 unspecified atom stereocenters. The van der Waals surface area contributed by atoms with Crippen molar-refractivity contribution in [3.05, 3.63) is 60.3 Å². The molecule has 1 amide bonds. The number of carbonyl (C=O) groups excluding carboxylic acids is 1. The van der Waals surface area contributed by atoms with Crippen LogP contribution in [-0.2, 0) is 4.79 Å². The van der Waals surface area contributed by atoms with Crippen LogP contribution in [0.3, 0.4) is 0 Å². The van der Waals surface area contributed by atoms with E-state index in [2.05, 4.69) is 16.4 Å². The van der Waals surface area contributed by atoms with Crippen molar-refractivity contribution in [2.75, 3.05) is 11.9 Å². The standard InChI is InChI=1S/C18H17N3O2/c19-12-4-5-14-23-16-9-6-13-20-18(16)21-17(22)11-10-15-7-2-1-3-8-15/h1-3,6-11,13H,4-5,14H2,(H,20,21,22)/b11-10+. The van der Waals surface area contributed by atoms with Crippen LogP contribution >= 0.6 is 0 Å². The van der Waals surface area contributed by atoms with E-state index in [-0.39, 0.29) is 5.91 Å². The normalized spacial score (nSPS) is 10.2. The molecule has 1 heterocycles. The summed E-state index contributed by atoms with van der Waals surface area (Å²) in [6, 6.07) is 15.1. The van der Waals surface area contributed by atoms with Gasteiger partial charge >= 0.3 is 0 Å². The summed E-state index contributed by atoms with van der Waals surface area (Å²) in [6.45, 7) is 0.405. The Bertz CT molecular complexity index is 706. The summed E-state index contributed by atoms with van der Waals surface area (Å²) < 4.78 is 5.55. The lowest BCUT2D eigenvalue weighted by Crippen LogP contribution is -2.11. The smallest absolute Gasteiger partial charge is 0.249 e. The van der Waals surface area contributed by atoms with Crippen LogP contribution in [0.2, 0.25) is 0 Å². The van der Waals surface area contributed by atoms with Crippen LogP contribution in [0.15, 0.2) is 54.7 Å². The van der Waals surface area contributed by atoms with Crippen LogP contribution in [0, 0.1) is 11.3 Å². The van der Waals surface area contributed by atoms with E-state index in [0.29, 0.717) is 31.0 Å². The number of nitrogens with one attached hydrogen (secondary N) is 1. The largest absolute Gasteiger partial charge is 0.490 e. The van der Waals surface area contributed by atoms with Gasteiger partial charge in [-0.05, 0) is 30.2 Å². The van der Waals surface area contributed by atoms with Gasteiger partial charge in [0.2, 0.25) is 5.91 Å². The Morgan fingerprint density at radius 3 is 2.87 bits per heavy atom. The van der Waals surface area contributed by atoms with E-state index < -0.39 is 0 Å². The van der Waals surface area contributed by atoms with Crippen molar-refractivity contribution >= 4 is 17.8 Å². The summed E-state index contributed by atoms with van der Waals surface area (Å²) in [5, 5.41) is 11.2. The molecule has 0 aliphatic rings. The van der Waals surface area contributed by atoms with Gasteiger partial charge in [-0.2, -0.15) is 5.26 Å². The molecule has 116 valence electrons. The second kappa shape index (κ2) is 9.00. The van der Waals surface area contributed by atoms with E-state index in [1.165, 1.54) is 6.08 Å². The van der Waals surface area contributed by atoms with Crippen LogP contribution in [0.4, 0.5) is 5.82 Å². The van der Waals surface area contributed by atoms with Gasteiger partial charge < -0.3 is 10.1 Å². The minimum Gasteiger partial charge on any atom is -0.490 e. The number of amides is 1. The van der Waals surface area contributed by atoms with Crippen molar-refractivity contribution in [1.82, 2.24) is 4.98 Å². The molecule has 0 saturated carbocycles. The summed E-state index contributed by atoms with van der Waals surface area (Å²) in [5.74, 6) is 0.577. The Morgan fingerprint density at radius 2 is 2.09 bits per heavy atom. The third-order valence-corrected chi connectivity index (χ3v) is 2.93. The number of pyridine rings is 1. The second-order valence-electron chi connectivity index (χ2n) is 4.69. The van der Waals surface area contributed by atoms with E-state index >= 15 is 0 Å². The summed E-state index contributed by atoms with van der Waals surface area (Å²) in [6.07, 6.45) is 5.82. The first-order valence-electron chi connectivity index (χ1n) is 7.28. The molecule has 1 N–H and O–H groups in total. The summed E-state index contributed by atoms with van der Waals surface area (Å²) >= 11 is 0. The van der Waals surface area contributed by atoms with Crippen LogP contribution in [-0.4, -0.2) is 17.5 Å². The third kappa shape index (κ3) is 5.64. The minimum absolute atomic E-state index is 0.283. The topological polar surface area (TPSA) is 75.0 Å². The quantitative estimate of drug-likeness (QED) is 0.628. The SMILES string of the molecule is N#CCCCOc1cccnc1NC(=O)/C=C/c1ccccc1. The average Bonchev–Trinajstić information content (AvgIpc) is 2.59. The number of benzene rings is 1. The number of ether oxygens (including phenoxy) is 1. The predicted molar refractivity (Wildman–Crippen MR) is 88.7 cm³/mol. The van der Waals surface area contributed by atoms with Crippen LogP contribution in [0.5, 0.6) is 5.75 Å². The molecule has 0 radical (unpaired) electrons. The summed E-state index contributed by atoms with van der Waals surface area (Å²) in [4.78, 5) is 16.1. The number of hydrogen-bond acceptors (Lipinski definition) is 4. The fourth-order valence-electron chi connectivity index (χ4n) is 1.83. The zero-order valence-electron chi connectivity index (χ0n) is 12.6. The number of unbranched alkanes of at least 4 members (excludes halogenated alkanes) is 1. The lowest BCUT2D eigenvalue weighted by Gasteiger charge is -2.09. The first-order chi connectivity index (χ1) is 11.3. The molecule has 0 bridgehead atoms. The zero-order chi connectivity index (χ0) is 16.3. The van der Waals surface area contributed by atoms with E-state index in [4.69, 9.17) is 10.00 Å². The van der Waals surface area contributed by atoms with E-state index in [9.17, 15) is 4.79 Å². The van der Waals surface area contributed by atoms with Crippen molar-refractivity contribution in [3.8, 4) is 11.8 Å². The van der Waals surface area contributed by atoms with Gasteiger partial charge in [0.05, 0.1) is 12.7 Å². The Morgan fingerprint density at radius 1 is 1.26 bits per heavy atom. The molecule has 0 saturated heterocycles. The number of nitrogens with zero attached hydrogens (tertiary/aromatic N) is 2. The molecule has 0 aliphatic heterocycles. The fraction of sp³-hybridized carbons (Fsp3) is 0.167. The molecule has 0 atom stereocenters. The molecule has 0 fully saturated rings. The van der Waals surface area contributed by atoms with Crippen LogP contribution < -0.4 is 10.1 Å². The average molecular weight is 307 g/mol. The van der Waals surface area contributed by atoms with E-state index in [1.54, 1.807) is 24.4 Å². The van der Waals surface area contributed by atoms with E-state index in [1.807, 2.05) is 30.3 Å². The fourth-order valence-corrected chi connectivity index (χ4v) is 1.83. The Labute approximate surface area is 135 Å². The van der Waals surface area contributed by atoms with Gasteiger partial charge in [0.15, 0.2) is 11.6 Å². The number of hydrogen-bond donors (Lipinski definition) is 1. The van der Waals surface area contributed by atoms with Gasteiger partial charge in [-0.15, -0.1) is 0 Å². The van der Waals surface area contributed by atoms with Crippen molar-refractivity contribution in [2.45, 2.75) is 12.8 Å². The number of nitriles is 1. The van der Waals surface area contributed by atoms with Crippen molar-refractivity contribution in [3.63, 3.8) is 0 Å². The van der Waals surface area contributed by atoms with Crippen LogP contribution in [0.25, 0.3) is 6.08 Å². The highest BCUT2D eigenvalue weighted by Gasteiger charge is 2.06. The summed E-state index contributed by atoms with van der Waals surface area (Å²) in [7, 11) is 0. The highest BCUT2D eigenvalue weighted by molar-refractivity contribution is 6.02. The number of rotatable bonds is 7. The number of carbonyl (C=O) groups is 1. The first kappa shape index (κ1) is 16.2. The van der Waals surface area contributed by atoms with Crippen molar-refractivity contribution < 1.29 is 9.53 Å². The van der Waals surface area contributed by atoms with Gasteiger partial charge in [0.1, 0.15) is 0 Å². The molecule has 2 aromatic rings. The third-order valence-electron chi connectivity index (χ3n) is 2.93. The van der Waals surface area contributed by atoms with Crippen LogP contribution in [0.1, 0.15) is 18.4 Å². The second-order valence-corrected chi connectivity index (χ2v) is 4.69. The van der Waals surface area contributed by atoms with Crippen molar-refractivity contribution in [2.24, 2.45) is 0 Å². The zero-order valence-corrected chi connectivity index (χ0v) is 12.6. The highest BCUT2D eigenvalue weighted by Crippen LogP contribution is 2.21. The maximum Gasteiger partial charge on any atom is 0.249 e. The first-order valence-corrected chi connectivity index (χ1v) is 7.28. The Hall–Kier alpha value is -3.13. The summed E-state index contributed by atoms with van der Waals surface area (Å²) in [5.41, 5.74) is 0.941. The molecule has 0 spiro atoms. The molecular formula is C18H17N3O2. The maximum absolute atomic E-state index is 12.0. The molecule has 5 nitrogen and oxygen atoms in total. The molecular weight excluding hydrogens is 290 g/mol. The van der Waals surface area contributed by atoms with E-state index in [0.717, 1.165) is 5.56 Å². The number of anilines is 1. The lowest BCUT2D eigenvalue weighted by atomic mass is 10.2. The molecule has 2 rings (SSSR count). The van der Waals surface area contributed by atoms with Gasteiger partial charge in [-0.3, -0.25) is 4.79 Å². The lowest BCUT2D eigenvalue weighted by molar-refractivity contribution is -0.111. The Balaban J connectivity index is 1.95. The van der Waals surface area contributed by atoms with Gasteiger partial charge in [0.25, 0.3) is 0 Å². The molecule has 1 aromatic carbocycles. The Kier molecular flexibility index (Phi) is 6.36. The van der Waals surface area contributed by atoms with Gasteiger partial charge in [0, 0.05) is 18.7 Å². The van der Waals surface area contributed by atoms with Gasteiger partial charge in [-0.25, -0.2) is 4.98 Å². The molecule has 23 heavy (non-hydrogen) atoms. The molecule has 0 aliphatic carbocycles. The molecule has 5 heteroatoms. The monoisotopic (exact) mass is 307 g/mol. The predicted octanol–water partition coefficient (Wildman–Crippen LogP) is 3.42. The number of aromatic nitrogens is 1. The minimum atomic E-state index is -0.283. The van der Waals surface area contributed by atoms with Crippen molar-refractivity contribution in [1.29, 1.82) is 5.26 Å². The maximum atomic E-state index is 12.0.